The first-order chi connectivity index (χ1) is 18.6. The fourth-order valence-corrected chi connectivity index (χ4v) is 10.7. The Hall–Kier alpha value is -1.03. The highest BCUT2D eigenvalue weighted by Gasteiger charge is 2.65. The SMILES string of the molecule is C[C@H](CCNC(=O)CCC(CP(=O)(O)O)C(=O)O)C1CCC2C3C(C[C@H](O)[C@@]21C)[C@@]1(C)CC[C@@H](O)C[C@H]1C[C@@H]3O. The molecule has 5 unspecified atom stereocenters. The van der Waals surface area contributed by atoms with E-state index in [-0.39, 0.29) is 71.2 Å². The van der Waals surface area contributed by atoms with Gasteiger partial charge in [-0.2, -0.15) is 0 Å². The number of carbonyl (C=O) groups is 2. The average Bonchev–Trinajstić information content (AvgIpc) is 3.21. The number of aliphatic carboxylic acids is 1. The van der Waals surface area contributed by atoms with E-state index in [4.69, 9.17) is 9.79 Å². The Balaban J connectivity index is 1.34. The van der Waals surface area contributed by atoms with Crippen LogP contribution in [0.25, 0.3) is 0 Å². The van der Waals surface area contributed by atoms with Gasteiger partial charge in [-0.05, 0) is 104 Å². The number of aliphatic hydroxyl groups is 3. The molecular weight excluding hydrogens is 537 g/mol. The minimum atomic E-state index is -4.49. The second kappa shape index (κ2) is 11.9. The van der Waals surface area contributed by atoms with Crippen molar-refractivity contribution in [1.29, 1.82) is 0 Å². The molecule has 0 aromatic rings. The molecule has 4 aliphatic rings. The van der Waals surface area contributed by atoms with Crippen molar-refractivity contribution in [1.82, 2.24) is 5.32 Å². The third-order valence-electron chi connectivity index (χ3n) is 12.0. The summed E-state index contributed by atoms with van der Waals surface area (Å²) in [6.45, 7) is 7.08. The van der Waals surface area contributed by atoms with E-state index in [1.165, 1.54) is 0 Å². The molecule has 4 fully saturated rings. The number of rotatable bonds is 10. The van der Waals surface area contributed by atoms with Crippen LogP contribution in [0.2, 0.25) is 0 Å². The van der Waals surface area contributed by atoms with Crippen molar-refractivity contribution in [2.24, 2.45) is 52.3 Å². The lowest BCUT2D eigenvalue weighted by Gasteiger charge is -2.63. The topological polar surface area (TPSA) is 185 Å². The van der Waals surface area contributed by atoms with Gasteiger partial charge in [0.1, 0.15) is 0 Å². The Morgan fingerprint density at radius 3 is 2.35 bits per heavy atom. The van der Waals surface area contributed by atoms with Crippen LogP contribution >= 0.6 is 7.60 Å². The standard InChI is InChI=1S/C29H50NO9P/c1-16(9-11-30-25(34)7-4-17(27(35)36)15-40(37,38)39)20-5-6-21-26-22(14-24(33)29(20,21)3)28(2)10-8-19(31)12-18(28)13-23(26)32/h16-24,26,31-33H,4-15H2,1-3H3,(H,30,34)(H,35,36)(H2,37,38,39)/t16-,17?,18+,19-,20?,21?,22?,23+,24+,26?,28+,29-/m1/s1. The minimum absolute atomic E-state index is 0.0321. The number of amides is 1. The van der Waals surface area contributed by atoms with Gasteiger partial charge in [0.25, 0.3) is 0 Å². The van der Waals surface area contributed by atoms with Crippen LogP contribution in [0.5, 0.6) is 0 Å². The summed E-state index contributed by atoms with van der Waals surface area (Å²) in [5.41, 5.74) is -0.287. The Morgan fingerprint density at radius 1 is 1.00 bits per heavy atom. The number of carbonyl (C=O) groups excluding carboxylic acids is 1. The van der Waals surface area contributed by atoms with Gasteiger partial charge in [0.15, 0.2) is 0 Å². The van der Waals surface area contributed by atoms with Crippen molar-refractivity contribution < 1.29 is 44.4 Å². The lowest BCUT2D eigenvalue weighted by Crippen LogP contribution is -2.62. The first-order valence-corrected chi connectivity index (χ1v) is 17.0. The molecule has 12 atom stereocenters. The second-order valence-electron chi connectivity index (χ2n) is 14.1. The summed E-state index contributed by atoms with van der Waals surface area (Å²) >= 11 is 0. The number of fused-ring (bicyclic) bond motifs is 5. The van der Waals surface area contributed by atoms with E-state index in [2.05, 4.69) is 26.1 Å². The molecule has 4 saturated carbocycles. The van der Waals surface area contributed by atoms with Crippen LogP contribution in [0, 0.1) is 52.3 Å². The average molecular weight is 588 g/mol. The monoisotopic (exact) mass is 587 g/mol. The van der Waals surface area contributed by atoms with Crippen molar-refractivity contribution in [3.05, 3.63) is 0 Å². The predicted molar refractivity (Wildman–Crippen MR) is 148 cm³/mol. The molecule has 0 saturated heterocycles. The summed E-state index contributed by atoms with van der Waals surface area (Å²) in [5, 5.41) is 45.4. The summed E-state index contributed by atoms with van der Waals surface area (Å²) in [7, 11) is -4.49. The van der Waals surface area contributed by atoms with Gasteiger partial charge in [-0.15, -0.1) is 0 Å². The van der Waals surface area contributed by atoms with Crippen LogP contribution < -0.4 is 5.32 Å². The van der Waals surface area contributed by atoms with Crippen LogP contribution in [0.1, 0.15) is 85.0 Å². The second-order valence-corrected chi connectivity index (χ2v) is 15.8. The van der Waals surface area contributed by atoms with Gasteiger partial charge < -0.3 is 35.5 Å². The lowest BCUT2D eigenvalue weighted by molar-refractivity contribution is -0.207. The number of carboxylic acid groups (broad SMARTS) is 1. The summed E-state index contributed by atoms with van der Waals surface area (Å²) in [6, 6.07) is 0. The van der Waals surface area contributed by atoms with Crippen LogP contribution in [-0.2, 0) is 14.2 Å². The maximum atomic E-state index is 12.4. The maximum absolute atomic E-state index is 12.4. The van der Waals surface area contributed by atoms with Crippen LogP contribution in [0.15, 0.2) is 0 Å². The summed E-state index contributed by atoms with van der Waals surface area (Å²) < 4.78 is 11.2. The van der Waals surface area contributed by atoms with Crippen LogP contribution in [0.4, 0.5) is 0 Å². The zero-order valence-electron chi connectivity index (χ0n) is 24.1. The first-order valence-electron chi connectivity index (χ1n) is 15.2. The number of aliphatic hydroxyl groups excluding tert-OH is 3. The van der Waals surface area contributed by atoms with Gasteiger partial charge in [0.05, 0.1) is 30.4 Å². The molecule has 0 heterocycles. The smallest absolute Gasteiger partial charge is 0.326 e. The molecule has 4 rings (SSSR count). The quantitative estimate of drug-likeness (QED) is 0.189. The summed E-state index contributed by atoms with van der Waals surface area (Å²) in [6.07, 6.45) is 4.26. The van der Waals surface area contributed by atoms with Gasteiger partial charge >= 0.3 is 13.6 Å². The van der Waals surface area contributed by atoms with Gasteiger partial charge in [0.2, 0.25) is 5.91 Å². The molecule has 10 nitrogen and oxygen atoms in total. The molecule has 0 bridgehead atoms. The maximum Gasteiger partial charge on any atom is 0.326 e. The van der Waals surface area contributed by atoms with E-state index in [0.29, 0.717) is 19.4 Å². The molecule has 1 amide bonds. The summed E-state index contributed by atoms with van der Waals surface area (Å²) in [5.74, 6) is -1.57. The molecule has 7 N–H and O–H groups in total. The molecule has 0 radical (unpaired) electrons. The number of nitrogens with one attached hydrogen (secondary N) is 1. The Morgan fingerprint density at radius 2 is 1.70 bits per heavy atom. The number of carboxylic acids is 1. The van der Waals surface area contributed by atoms with E-state index < -0.39 is 37.9 Å². The predicted octanol–water partition coefficient (Wildman–Crippen LogP) is 2.75. The highest BCUT2D eigenvalue weighted by atomic mass is 31.2. The van der Waals surface area contributed by atoms with Crippen molar-refractivity contribution in [3.8, 4) is 0 Å². The number of hydrogen-bond acceptors (Lipinski definition) is 6. The molecule has 11 heteroatoms. The number of hydrogen-bond donors (Lipinski definition) is 7. The fraction of sp³-hybridized carbons (Fsp3) is 0.931. The molecule has 40 heavy (non-hydrogen) atoms. The fourth-order valence-electron chi connectivity index (χ4n) is 9.75. The van der Waals surface area contributed by atoms with Gasteiger partial charge in [0, 0.05) is 13.0 Å². The van der Waals surface area contributed by atoms with Gasteiger partial charge in [-0.25, -0.2) is 0 Å². The van der Waals surface area contributed by atoms with Gasteiger partial charge in [-0.1, -0.05) is 20.8 Å². The van der Waals surface area contributed by atoms with Crippen LogP contribution in [-0.4, -0.2) is 73.1 Å². The molecular formula is C29H50NO9P. The van der Waals surface area contributed by atoms with Crippen molar-refractivity contribution in [2.75, 3.05) is 12.7 Å². The van der Waals surface area contributed by atoms with E-state index in [1.54, 1.807) is 0 Å². The molecule has 0 spiro atoms. The Kier molecular flexibility index (Phi) is 9.51. The zero-order valence-corrected chi connectivity index (χ0v) is 25.0. The first kappa shape index (κ1) is 31.9. The molecule has 4 aliphatic carbocycles. The minimum Gasteiger partial charge on any atom is -0.481 e. The van der Waals surface area contributed by atoms with E-state index in [1.807, 2.05) is 0 Å². The van der Waals surface area contributed by atoms with Crippen molar-refractivity contribution in [2.45, 2.75) is 103 Å². The van der Waals surface area contributed by atoms with Crippen LogP contribution in [0.3, 0.4) is 0 Å². The summed E-state index contributed by atoms with van der Waals surface area (Å²) in [4.78, 5) is 41.8. The molecule has 0 aromatic carbocycles. The van der Waals surface area contributed by atoms with Crippen molar-refractivity contribution in [3.63, 3.8) is 0 Å². The van der Waals surface area contributed by atoms with Gasteiger partial charge in [-0.3, -0.25) is 14.2 Å². The largest absolute Gasteiger partial charge is 0.481 e. The Labute approximate surface area is 237 Å². The zero-order chi connectivity index (χ0) is 29.6. The van der Waals surface area contributed by atoms with Crippen molar-refractivity contribution >= 4 is 19.5 Å². The Bertz CT molecular complexity index is 989. The molecule has 0 aromatic heterocycles. The third kappa shape index (κ3) is 6.18. The highest BCUT2D eigenvalue weighted by Crippen LogP contribution is 2.68. The van der Waals surface area contributed by atoms with E-state index in [0.717, 1.165) is 38.5 Å². The lowest BCUT2D eigenvalue weighted by atomic mass is 9.43. The van der Waals surface area contributed by atoms with E-state index in [9.17, 15) is 34.6 Å². The normalized spacial score (nSPS) is 42.7. The highest BCUT2D eigenvalue weighted by molar-refractivity contribution is 7.51. The third-order valence-corrected chi connectivity index (χ3v) is 12.9. The van der Waals surface area contributed by atoms with E-state index >= 15 is 0 Å². The molecule has 0 aliphatic heterocycles. The molecule has 230 valence electrons.